The van der Waals surface area contributed by atoms with E-state index >= 15 is 0 Å². The van der Waals surface area contributed by atoms with Crippen LogP contribution in [0.2, 0.25) is 0 Å². The van der Waals surface area contributed by atoms with E-state index in [0.29, 0.717) is 11.4 Å². The quantitative estimate of drug-likeness (QED) is 0.543. The zero-order valence-corrected chi connectivity index (χ0v) is 21.6. The molecule has 0 aliphatic heterocycles. The third-order valence-corrected chi connectivity index (χ3v) is 6.39. The Labute approximate surface area is 198 Å². The first-order valence-corrected chi connectivity index (χ1v) is 12.9. The van der Waals surface area contributed by atoms with Crippen molar-refractivity contribution in [3.63, 3.8) is 0 Å². The third-order valence-electron chi connectivity index (χ3n) is 5.25. The third kappa shape index (κ3) is 7.12. The molecular formula is C25H36N2O5S. The minimum atomic E-state index is -3.69. The fraction of sp³-hybridized carbons (Fsp3) is 0.480. The van der Waals surface area contributed by atoms with Crippen LogP contribution in [0.25, 0.3) is 0 Å². The Balaban J connectivity index is 2.26. The predicted molar refractivity (Wildman–Crippen MR) is 133 cm³/mol. The lowest BCUT2D eigenvalue weighted by Gasteiger charge is -2.25. The fourth-order valence-corrected chi connectivity index (χ4v) is 4.54. The van der Waals surface area contributed by atoms with E-state index in [1.165, 1.54) is 0 Å². The van der Waals surface area contributed by atoms with Crippen molar-refractivity contribution < 1.29 is 22.7 Å². The zero-order valence-electron chi connectivity index (χ0n) is 20.8. The molecule has 1 amide bonds. The number of aryl methyl sites for hydroxylation is 1. The van der Waals surface area contributed by atoms with Gasteiger partial charge in [-0.3, -0.25) is 9.10 Å². The SMILES string of the molecule is COc1cc(C)c([C@@H](C)NC(=O)CN(c2cccc(OC(C)C)c2)S(C)(=O)=O)cc1C(C)C. The normalized spacial score (nSPS) is 12.5. The molecule has 0 heterocycles. The molecular weight excluding hydrogens is 440 g/mol. The smallest absolute Gasteiger partial charge is 0.241 e. The van der Waals surface area contributed by atoms with E-state index in [-0.39, 0.29) is 24.6 Å². The fourth-order valence-electron chi connectivity index (χ4n) is 3.69. The summed E-state index contributed by atoms with van der Waals surface area (Å²) in [6.45, 7) is 11.5. The van der Waals surface area contributed by atoms with Crippen LogP contribution in [0.5, 0.6) is 11.5 Å². The molecule has 0 radical (unpaired) electrons. The van der Waals surface area contributed by atoms with Crippen LogP contribution in [0.4, 0.5) is 5.69 Å². The van der Waals surface area contributed by atoms with E-state index in [0.717, 1.165) is 33.0 Å². The molecule has 7 nitrogen and oxygen atoms in total. The number of hydrogen-bond donors (Lipinski definition) is 1. The summed E-state index contributed by atoms with van der Waals surface area (Å²) in [4.78, 5) is 12.9. The Bertz CT molecular complexity index is 1080. The molecule has 2 aromatic carbocycles. The molecule has 0 saturated carbocycles. The lowest BCUT2D eigenvalue weighted by molar-refractivity contribution is -0.120. The van der Waals surface area contributed by atoms with Crippen LogP contribution in [0.1, 0.15) is 63.3 Å². The van der Waals surface area contributed by atoms with Gasteiger partial charge in [-0.15, -0.1) is 0 Å². The van der Waals surface area contributed by atoms with Gasteiger partial charge in [0.2, 0.25) is 15.9 Å². The van der Waals surface area contributed by atoms with Crippen molar-refractivity contribution in [2.75, 3.05) is 24.2 Å². The molecule has 0 bridgehead atoms. The molecule has 0 aromatic heterocycles. The number of sulfonamides is 1. The second-order valence-electron chi connectivity index (χ2n) is 8.83. The summed E-state index contributed by atoms with van der Waals surface area (Å²) in [5.41, 5.74) is 3.38. The molecule has 0 unspecified atom stereocenters. The van der Waals surface area contributed by atoms with Gasteiger partial charge in [-0.05, 0) is 74.6 Å². The molecule has 182 valence electrons. The molecule has 1 N–H and O–H groups in total. The molecule has 0 aliphatic carbocycles. The zero-order chi connectivity index (χ0) is 24.9. The number of carbonyl (C=O) groups excluding carboxylic acids is 1. The molecule has 2 rings (SSSR count). The van der Waals surface area contributed by atoms with Crippen molar-refractivity contribution in [1.82, 2.24) is 5.32 Å². The van der Waals surface area contributed by atoms with Crippen LogP contribution < -0.4 is 19.1 Å². The monoisotopic (exact) mass is 476 g/mol. The number of rotatable bonds is 10. The first kappa shape index (κ1) is 26.5. The average Bonchev–Trinajstić information content (AvgIpc) is 2.70. The van der Waals surface area contributed by atoms with E-state index in [4.69, 9.17) is 9.47 Å². The van der Waals surface area contributed by atoms with Gasteiger partial charge in [0.05, 0.1) is 31.2 Å². The highest BCUT2D eigenvalue weighted by molar-refractivity contribution is 7.92. The maximum Gasteiger partial charge on any atom is 0.241 e. The van der Waals surface area contributed by atoms with Gasteiger partial charge in [0, 0.05) is 6.07 Å². The van der Waals surface area contributed by atoms with Crippen molar-refractivity contribution >= 4 is 21.6 Å². The highest BCUT2D eigenvalue weighted by Crippen LogP contribution is 2.32. The molecule has 0 spiro atoms. The second kappa shape index (κ2) is 10.9. The number of methoxy groups -OCH3 is 1. The van der Waals surface area contributed by atoms with Crippen LogP contribution in [0.3, 0.4) is 0 Å². The average molecular weight is 477 g/mol. The summed E-state index contributed by atoms with van der Waals surface area (Å²) in [5.74, 6) is 1.21. The lowest BCUT2D eigenvalue weighted by Crippen LogP contribution is -2.41. The number of benzene rings is 2. The van der Waals surface area contributed by atoms with Crippen molar-refractivity contribution in [3.8, 4) is 11.5 Å². The summed E-state index contributed by atoms with van der Waals surface area (Å²) in [5, 5.41) is 2.94. The molecule has 8 heteroatoms. The van der Waals surface area contributed by atoms with Gasteiger partial charge in [0.15, 0.2) is 0 Å². The standard InChI is InChI=1S/C25H36N2O5S/c1-16(2)22-14-23(18(5)12-24(22)31-7)19(6)26-25(28)15-27(33(8,29)30)20-10-9-11-21(13-20)32-17(3)4/h9-14,16-17,19H,15H2,1-8H3,(H,26,28)/t19-/m1/s1. The van der Waals surface area contributed by atoms with Crippen molar-refractivity contribution in [1.29, 1.82) is 0 Å². The maximum absolute atomic E-state index is 12.9. The molecule has 0 fully saturated rings. The predicted octanol–water partition coefficient (Wildman–Crippen LogP) is 4.56. The molecule has 2 aromatic rings. The minimum Gasteiger partial charge on any atom is -0.496 e. The van der Waals surface area contributed by atoms with E-state index in [1.54, 1.807) is 31.4 Å². The lowest BCUT2D eigenvalue weighted by atomic mass is 9.93. The van der Waals surface area contributed by atoms with Crippen molar-refractivity contribution in [3.05, 3.63) is 53.1 Å². The first-order chi connectivity index (χ1) is 15.3. The highest BCUT2D eigenvalue weighted by Gasteiger charge is 2.23. The van der Waals surface area contributed by atoms with Gasteiger partial charge < -0.3 is 14.8 Å². The summed E-state index contributed by atoms with van der Waals surface area (Å²) in [6.07, 6.45) is 1.03. The first-order valence-electron chi connectivity index (χ1n) is 11.1. The van der Waals surface area contributed by atoms with Gasteiger partial charge >= 0.3 is 0 Å². The van der Waals surface area contributed by atoms with E-state index in [2.05, 4.69) is 19.2 Å². The second-order valence-corrected chi connectivity index (χ2v) is 10.7. The number of anilines is 1. The Kier molecular flexibility index (Phi) is 8.77. The van der Waals surface area contributed by atoms with Crippen LogP contribution >= 0.6 is 0 Å². The Morgan fingerprint density at radius 1 is 1.06 bits per heavy atom. The van der Waals surface area contributed by atoms with E-state index < -0.39 is 15.9 Å². The topological polar surface area (TPSA) is 84.9 Å². The van der Waals surface area contributed by atoms with Gasteiger partial charge in [-0.2, -0.15) is 0 Å². The number of hydrogen-bond acceptors (Lipinski definition) is 5. The molecule has 0 aliphatic rings. The Hall–Kier alpha value is -2.74. The highest BCUT2D eigenvalue weighted by atomic mass is 32.2. The van der Waals surface area contributed by atoms with Gasteiger partial charge in [0.1, 0.15) is 18.0 Å². The summed E-state index contributed by atoms with van der Waals surface area (Å²) < 4.78 is 37.3. The number of nitrogens with zero attached hydrogens (tertiary/aromatic N) is 1. The van der Waals surface area contributed by atoms with E-state index in [1.807, 2.05) is 39.8 Å². The van der Waals surface area contributed by atoms with Crippen LogP contribution in [0.15, 0.2) is 36.4 Å². The Morgan fingerprint density at radius 2 is 1.73 bits per heavy atom. The van der Waals surface area contributed by atoms with Crippen LogP contribution in [0, 0.1) is 6.92 Å². The number of amides is 1. The molecule has 33 heavy (non-hydrogen) atoms. The van der Waals surface area contributed by atoms with Crippen LogP contribution in [-0.4, -0.2) is 40.3 Å². The maximum atomic E-state index is 12.9. The van der Waals surface area contributed by atoms with Gasteiger partial charge in [-0.1, -0.05) is 19.9 Å². The van der Waals surface area contributed by atoms with Crippen molar-refractivity contribution in [2.45, 2.75) is 59.6 Å². The molecule has 1 atom stereocenters. The summed E-state index contributed by atoms with van der Waals surface area (Å²) >= 11 is 0. The van der Waals surface area contributed by atoms with Crippen LogP contribution in [-0.2, 0) is 14.8 Å². The summed E-state index contributed by atoms with van der Waals surface area (Å²) in [7, 11) is -2.05. The summed E-state index contributed by atoms with van der Waals surface area (Å²) in [6, 6.07) is 10.4. The van der Waals surface area contributed by atoms with Gasteiger partial charge in [0.25, 0.3) is 0 Å². The number of carbonyl (C=O) groups is 1. The minimum absolute atomic E-state index is 0.0560. The Morgan fingerprint density at radius 3 is 2.27 bits per heavy atom. The van der Waals surface area contributed by atoms with Gasteiger partial charge in [-0.25, -0.2) is 8.42 Å². The number of nitrogens with one attached hydrogen (secondary N) is 1. The number of ether oxygens (including phenoxy) is 2. The van der Waals surface area contributed by atoms with E-state index in [9.17, 15) is 13.2 Å². The molecule has 0 saturated heterocycles. The van der Waals surface area contributed by atoms with Crippen molar-refractivity contribution in [2.24, 2.45) is 0 Å². The largest absolute Gasteiger partial charge is 0.496 e.